The molecule has 0 saturated carbocycles. The van der Waals surface area contributed by atoms with Crippen LogP contribution in [0.1, 0.15) is 11.1 Å². The van der Waals surface area contributed by atoms with Crippen LogP contribution in [0.25, 0.3) is 17.0 Å². The van der Waals surface area contributed by atoms with Crippen LogP contribution in [0.4, 0.5) is 0 Å². The van der Waals surface area contributed by atoms with E-state index in [0.29, 0.717) is 13.0 Å². The molecule has 28 heavy (non-hydrogen) atoms. The normalized spacial score (nSPS) is 11.3. The molecule has 0 unspecified atom stereocenters. The molecule has 1 aromatic heterocycles. The number of H-pyrrole nitrogens is 1. The summed E-state index contributed by atoms with van der Waals surface area (Å²) in [4.78, 5) is 15.7. The largest absolute Gasteiger partial charge is 0.495 e. The third kappa shape index (κ3) is 4.67. The molecule has 0 saturated heterocycles. The maximum absolute atomic E-state index is 12.4. The van der Waals surface area contributed by atoms with Crippen molar-refractivity contribution in [1.29, 1.82) is 5.26 Å². The molecule has 0 spiro atoms. The summed E-state index contributed by atoms with van der Waals surface area (Å²) in [6.07, 6.45) is 4.25. The average Bonchev–Trinajstić information content (AvgIpc) is 3.09. The number of benzene rings is 2. The van der Waals surface area contributed by atoms with Crippen molar-refractivity contribution in [2.45, 2.75) is 6.42 Å². The van der Waals surface area contributed by atoms with Gasteiger partial charge in [-0.05, 0) is 87.0 Å². The molecule has 3 aromatic rings. The summed E-state index contributed by atoms with van der Waals surface area (Å²) < 4.78 is 7.20. The van der Waals surface area contributed by atoms with Crippen LogP contribution in [-0.4, -0.2) is 24.5 Å². The topological polar surface area (TPSA) is 77.9 Å². The van der Waals surface area contributed by atoms with E-state index < -0.39 is 0 Å². The summed E-state index contributed by atoms with van der Waals surface area (Å²) in [5.41, 5.74) is 3.08. The molecule has 1 heterocycles. The second-order valence-corrected chi connectivity index (χ2v) is 8.38. The van der Waals surface area contributed by atoms with Gasteiger partial charge in [0.05, 0.1) is 14.3 Å². The van der Waals surface area contributed by atoms with Crippen molar-refractivity contribution in [3.63, 3.8) is 0 Å². The molecule has 0 aliphatic carbocycles. The van der Waals surface area contributed by atoms with Crippen molar-refractivity contribution >= 4 is 68.1 Å². The molecule has 142 valence electrons. The van der Waals surface area contributed by atoms with Gasteiger partial charge in [-0.1, -0.05) is 18.2 Å². The number of carbonyl (C=O) groups excluding carboxylic acids is 1. The molecule has 0 radical (unpaired) electrons. The number of carbonyl (C=O) groups is 1. The molecule has 2 aromatic carbocycles. The van der Waals surface area contributed by atoms with Crippen molar-refractivity contribution in [3.05, 3.63) is 66.4 Å². The second-order valence-electron chi connectivity index (χ2n) is 6.05. The summed E-state index contributed by atoms with van der Waals surface area (Å²) in [7, 11) is 1.62. The van der Waals surface area contributed by atoms with Crippen LogP contribution in [0.2, 0.25) is 0 Å². The van der Waals surface area contributed by atoms with Crippen LogP contribution >= 0.6 is 45.2 Å². The number of fused-ring (bicyclic) bond motifs is 1. The maximum Gasteiger partial charge on any atom is 0.261 e. The quantitative estimate of drug-likeness (QED) is 0.247. The predicted octanol–water partition coefficient (Wildman–Crippen LogP) is 4.65. The summed E-state index contributed by atoms with van der Waals surface area (Å²) in [5.74, 6) is 0.420. The van der Waals surface area contributed by atoms with Gasteiger partial charge in [0, 0.05) is 23.6 Å². The van der Waals surface area contributed by atoms with Crippen molar-refractivity contribution in [1.82, 2.24) is 10.3 Å². The lowest BCUT2D eigenvalue weighted by Gasteiger charge is -2.08. The highest BCUT2D eigenvalue weighted by molar-refractivity contribution is 14.1. The van der Waals surface area contributed by atoms with Crippen molar-refractivity contribution in [3.8, 4) is 11.8 Å². The summed E-state index contributed by atoms with van der Waals surface area (Å²) in [6, 6.07) is 13.8. The fourth-order valence-electron chi connectivity index (χ4n) is 2.92. The van der Waals surface area contributed by atoms with E-state index in [0.717, 1.165) is 34.9 Å². The Labute approximate surface area is 190 Å². The fourth-order valence-corrected chi connectivity index (χ4v) is 5.17. The Morgan fingerprint density at radius 3 is 2.68 bits per heavy atom. The lowest BCUT2D eigenvalue weighted by molar-refractivity contribution is -0.117. The van der Waals surface area contributed by atoms with E-state index in [-0.39, 0.29) is 11.5 Å². The molecular formula is C21H17I2N3O2. The smallest absolute Gasteiger partial charge is 0.261 e. The first-order valence-electron chi connectivity index (χ1n) is 8.51. The molecule has 0 bridgehead atoms. The first kappa shape index (κ1) is 20.7. The summed E-state index contributed by atoms with van der Waals surface area (Å²) >= 11 is 4.36. The van der Waals surface area contributed by atoms with Gasteiger partial charge in [0.2, 0.25) is 0 Å². The Morgan fingerprint density at radius 1 is 1.29 bits per heavy atom. The molecule has 7 heteroatoms. The minimum atomic E-state index is -0.372. The van der Waals surface area contributed by atoms with Gasteiger partial charge in [-0.2, -0.15) is 5.26 Å². The zero-order valence-electron chi connectivity index (χ0n) is 15.1. The fraction of sp³-hybridized carbons (Fsp3) is 0.143. The molecular weight excluding hydrogens is 580 g/mol. The zero-order chi connectivity index (χ0) is 20.1. The molecule has 3 rings (SSSR count). The molecule has 0 fully saturated rings. The Balaban J connectivity index is 1.68. The molecule has 1 amide bonds. The number of aromatic amines is 1. The number of aromatic nitrogens is 1. The highest BCUT2D eigenvalue weighted by atomic mass is 127. The number of nitrogens with zero attached hydrogens (tertiary/aromatic N) is 1. The third-order valence-electron chi connectivity index (χ3n) is 4.26. The predicted molar refractivity (Wildman–Crippen MR) is 127 cm³/mol. The van der Waals surface area contributed by atoms with E-state index in [1.165, 1.54) is 0 Å². The first-order chi connectivity index (χ1) is 13.5. The minimum absolute atomic E-state index is 0.0793. The van der Waals surface area contributed by atoms with Crippen LogP contribution in [0.15, 0.2) is 48.2 Å². The Hall–Kier alpha value is -2.06. The lowest BCUT2D eigenvalue weighted by Crippen LogP contribution is -2.26. The van der Waals surface area contributed by atoms with Gasteiger partial charge >= 0.3 is 0 Å². The first-order valence-corrected chi connectivity index (χ1v) is 10.7. The molecule has 5 nitrogen and oxygen atoms in total. The van der Waals surface area contributed by atoms with Gasteiger partial charge in [-0.15, -0.1) is 0 Å². The van der Waals surface area contributed by atoms with E-state index in [1.807, 2.05) is 42.6 Å². The van der Waals surface area contributed by atoms with Crippen molar-refractivity contribution in [2.75, 3.05) is 13.7 Å². The molecule has 0 atom stereocenters. The number of rotatable bonds is 6. The van der Waals surface area contributed by atoms with Crippen LogP contribution in [0, 0.1) is 18.5 Å². The number of nitrogens with one attached hydrogen (secondary N) is 2. The number of ether oxygens (including phenoxy) is 1. The highest BCUT2D eigenvalue weighted by Crippen LogP contribution is 2.29. The monoisotopic (exact) mass is 597 g/mol. The van der Waals surface area contributed by atoms with E-state index in [9.17, 15) is 10.1 Å². The van der Waals surface area contributed by atoms with E-state index in [4.69, 9.17) is 4.74 Å². The van der Waals surface area contributed by atoms with E-state index >= 15 is 0 Å². The van der Waals surface area contributed by atoms with E-state index in [1.54, 1.807) is 13.2 Å². The molecule has 0 aliphatic heterocycles. The number of halogens is 2. The highest BCUT2D eigenvalue weighted by Gasteiger charge is 2.12. The van der Waals surface area contributed by atoms with Gasteiger partial charge in [0.25, 0.3) is 5.91 Å². The third-order valence-corrected chi connectivity index (χ3v) is 5.86. The van der Waals surface area contributed by atoms with Crippen LogP contribution < -0.4 is 10.1 Å². The van der Waals surface area contributed by atoms with Gasteiger partial charge in [-0.25, -0.2) is 0 Å². The van der Waals surface area contributed by atoms with Gasteiger partial charge in [0.1, 0.15) is 17.4 Å². The van der Waals surface area contributed by atoms with Crippen molar-refractivity contribution < 1.29 is 9.53 Å². The Bertz CT molecular complexity index is 1070. The number of nitriles is 1. The Kier molecular flexibility index (Phi) is 6.96. The number of amides is 1. The average molecular weight is 597 g/mol. The van der Waals surface area contributed by atoms with Crippen LogP contribution in [0.5, 0.6) is 5.75 Å². The number of hydrogen-bond donors (Lipinski definition) is 2. The number of para-hydroxylation sites is 1. The van der Waals surface area contributed by atoms with Crippen LogP contribution in [-0.2, 0) is 11.2 Å². The van der Waals surface area contributed by atoms with Crippen molar-refractivity contribution in [2.24, 2.45) is 0 Å². The standard InChI is InChI=1S/C21H17I2N3O2/c1-28-20-17(22)9-13(10-18(20)23)8-15(11-24)21(27)25-7-6-14-12-26-19-5-3-2-4-16(14)19/h2-5,8-10,12,26H,6-7H2,1H3,(H,25,27)/b15-8-. The second kappa shape index (κ2) is 9.43. The van der Waals surface area contributed by atoms with Gasteiger partial charge in [0.15, 0.2) is 0 Å². The summed E-state index contributed by atoms with van der Waals surface area (Å²) in [6.45, 7) is 0.456. The SMILES string of the molecule is COc1c(I)cc(/C=C(/C#N)C(=O)NCCc2c[nH]c3ccccc23)cc1I. The van der Waals surface area contributed by atoms with Gasteiger partial charge in [-0.3, -0.25) is 4.79 Å². The van der Waals surface area contributed by atoms with Crippen LogP contribution in [0.3, 0.4) is 0 Å². The number of hydrogen-bond acceptors (Lipinski definition) is 3. The number of methoxy groups -OCH3 is 1. The molecule has 2 N–H and O–H groups in total. The minimum Gasteiger partial charge on any atom is -0.495 e. The maximum atomic E-state index is 12.4. The molecule has 0 aliphatic rings. The zero-order valence-corrected chi connectivity index (χ0v) is 19.4. The van der Waals surface area contributed by atoms with E-state index in [2.05, 4.69) is 61.5 Å². The summed E-state index contributed by atoms with van der Waals surface area (Å²) in [5, 5.41) is 13.4. The lowest BCUT2D eigenvalue weighted by atomic mass is 10.1. The Morgan fingerprint density at radius 2 is 2.00 bits per heavy atom. The van der Waals surface area contributed by atoms with Gasteiger partial charge < -0.3 is 15.0 Å².